The maximum atomic E-state index is 12.6. The molecule has 2 aromatic rings. The summed E-state index contributed by atoms with van der Waals surface area (Å²) in [5.74, 6) is -1.58. The molecule has 0 fully saturated rings. The van der Waals surface area contributed by atoms with Gasteiger partial charge in [0.25, 0.3) is 0 Å². The van der Waals surface area contributed by atoms with E-state index in [1.54, 1.807) is 18.4 Å². The SMILES string of the molecule is COC(=O)c1c(C)n(-c2ccccc2)c(C)c(C(=O)OC)c1=O. The molecule has 0 saturated heterocycles. The van der Waals surface area contributed by atoms with E-state index >= 15 is 0 Å². The number of pyridine rings is 1. The molecule has 0 spiro atoms. The Labute approximate surface area is 133 Å². The molecule has 1 aromatic carbocycles. The van der Waals surface area contributed by atoms with E-state index < -0.39 is 17.4 Å². The van der Waals surface area contributed by atoms with Crippen LogP contribution in [0.5, 0.6) is 0 Å². The van der Waals surface area contributed by atoms with Crippen LogP contribution in [-0.4, -0.2) is 30.7 Å². The van der Waals surface area contributed by atoms with Gasteiger partial charge in [0.05, 0.1) is 14.2 Å². The van der Waals surface area contributed by atoms with Gasteiger partial charge in [0, 0.05) is 17.1 Å². The second kappa shape index (κ2) is 6.48. The second-order valence-electron chi connectivity index (χ2n) is 4.90. The maximum absolute atomic E-state index is 12.6. The van der Waals surface area contributed by atoms with Crippen molar-refractivity contribution < 1.29 is 19.1 Å². The van der Waals surface area contributed by atoms with Crippen LogP contribution in [0.3, 0.4) is 0 Å². The predicted octanol–water partition coefficient (Wildman–Crippen LogP) is 2.03. The minimum Gasteiger partial charge on any atom is -0.465 e. The number of aromatic nitrogens is 1. The third kappa shape index (κ3) is 2.75. The van der Waals surface area contributed by atoms with Crippen LogP contribution in [-0.2, 0) is 9.47 Å². The largest absolute Gasteiger partial charge is 0.465 e. The highest BCUT2D eigenvalue weighted by Gasteiger charge is 2.27. The van der Waals surface area contributed by atoms with E-state index in [2.05, 4.69) is 0 Å². The summed E-state index contributed by atoms with van der Waals surface area (Å²) in [7, 11) is 2.37. The first-order valence-electron chi connectivity index (χ1n) is 6.92. The number of benzene rings is 1. The van der Waals surface area contributed by atoms with Gasteiger partial charge in [-0.2, -0.15) is 0 Å². The van der Waals surface area contributed by atoms with Crippen LogP contribution in [0.1, 0.15) is 32.1 Å². The molecule has 120 valence electrons. The summed E-state index contributed by atoms with van der Waals surface area (Å²) in [4.78, 5) is 36.6. The van der Waals surface area contributed by atoms with Gasteiger partial charge in [0.2, 0.25) is 5.43 Å². The zero-order valence-corrected chi connectivity index (χ0v) is 13.4. The van der Waals surface area contributed by atoms with Gasteiger partial charge in [0.15, 0.2) is 0 Å². The molecular formula is C17H17NO5. The summed E-state index contributed by atoms with van der Waals surface area (Å²) in [6.45, 7) is 3.27. The lowest BCUT2D eigenvalue weighted by atomic mass is 10.1. The Bertz CT molecular complexity index is 775. The second-order valence-corrected chi connectivity index (χ2v) is 4.90. The summed E-state index contributed by atoms with van der Waals surface area (Å²) in [6, 6.07) is 9.11. The highest BCUT2D eigenvalue weighted by molar-refractivity contribution is 5.96. The van der Waals surface area contributed by atoms with Gasteiger partial charge in [-0.15, -0.1) is 0 Å². The number of esters is 2. The smallest absolute Gasteiger partial charge is 0.343 e. The van der Waals surface area contributed by atoms with Crippen molar-refractivity contribution in [2.75, 3.05) is 14.2 Å². The maximum Gasteiger partial charge on any atom is 0.343 e. The van der Waals surface area contributed by atoms with Crippen LogP contribution in [0.25, 0.3) is 5.69 Å². The van der Waals surface area contributed by atoms with Crippen molar-refractivity contribution in [1.82, 2.24) is 4.57 Å². The van der Waals surface area contributed by atoms with E-state index in [9.17, 15) is 14.4 Å². The highest BCUT2D eigenvalue weighted by atomic mass is 16.5. The fourth-order valence-corrected chi connectivity index (χ4v) is 2.58. The lowest BCUT2D eigenvalue weighted by Gasteiger charge is -2.19. The quantitative estimate of drug-likeness (QED) is 0.810. The normalized spacial score (nSPS) is 10.3. The summed E-state index contributed by atoms with van der Waals surface area (Å²) < 4.78 is 11.1. The molecule has 1 heterocycles. The molecule has 0 N–H and O–H groups in total. The number of carbonyl (C=O) groups excluding carboxylic acids is 2. The number of methoxy groups -OCH3 is 2. The van der Waals surface area contributed by atoms with Crippen molar-refractivity contribution in [2.45, 2.75) is 13.8 Å². The molecule has 0 amide bonds. The topological polar surface area (TPSA) is 74.6 Å². The molecule has 1 aromatic heterocycles. The molecule has 6 nitrogen and oxygen atoms in total. The zero-order valence-electron chi connectivity index (χ0n) is 13.4. The lowest BCUT2D eigenvalue weighted by Crippen LogP contribution is -2.30. The molecule has 0 radical (unpaired) electrons. The number of hydrogen-bond donors (Lipinski definition) is 0. The number of para-hydroxylation sites is 1. The van der Waals surface area contributed by atoms with Crippen LogP contribution in [0, 0.1) is 13.8 Å². The Hall–Kier alpha value is -2.89. The number of ether oxygens (including phenoxy) is 2. The molecule has 0 aliphatic rings. The first-order chi connectivity index (χ1) is 10.9. The van der Waals surface area contributed by atoms with Gasteiger partial charge < -0.3 is 14.0 Å². The third-order valence-corrected chi connectivity index (χ3v) is 3.64. The Morgan fingerprint density at radius 2 is 1.30 bits per heavy atom. The van der Waals surface area contributed by atoms with Crippen LogP contribution in [0.2, 0.25) is 0 Å². The first-order valence-corrected chi connectivity index (χ1v) is 6.92. The molecular weight excluding hydrogens is 298 g/mol. The Balaban J connectivity index is 2.95. The molecule has 23 heavy (non-hydrogen) atoms. The van der Waals surface area contributed by atoms with Gasteiger partial charge >= 0.3 is 11.9 Å². The van der Waals surface area contributed by atoms with E-state index in [4.69, 9.17) is 9.47 Å². The van der Waals surface area contributed by atoms with Gasteiger partial charge in [-0.25, -0.2) is 9.59 Å². The molecule has 0 bridgehead atoms. The molecule has 2 rings (SSSR count). The Kier molecular flexibility index (Phi) is 4.64. The Morgan fingerprint density at radius 1 is 0.870 bits per heavy atom. The Morgan fingerprint density at radius 3 is 1.70 bits per heavy atom. The fraction of sp³-hybridized carbons (Fsp3) is 0.235. The highest BCUT2D eigenvalue weighted by Crippen LogP contribution is 2.19. The van der Waals surface area contributed by atoms with Crippen molar-refractivity contribution in [1.29, 1.82) is 0 Å². The van der Waals surface area contributed by atoms with E-state index in [1.807, 2.05) is 30.3 Å². The average molecular weight is 315 g/mol. The van der Waals surface area contributed by atoms with Crippen molar-refractivity contribution in [3.8, 4) is 5.69 Å². The van der Waals surface area contributed by atoms with Crippen LogP contribution in [0.4, 0.5) is 0 Å². The number of carbonyl (C=O) groups is 2. The van der Waals surface area contributed by atoms with Crippen molar-refractivity contribution in [3.05, 3.63) is 63.1 Å². The van der Waals surface area contributed by atoms with Crippen molar-refractivity contribution in [2.24, 2.45) is 0 Å². The number of nitrogens with zero attached hydrogens (tertiary/aromatic N) is 1. The van der Waals surface area contributed by atoms with Gasteiger partial charge in [-0.3, -0.25) is 4.79 Å². The van der Waals surface area contributed by atoms with Gasteiger partial charge in [-0.1, -0.05) is 18.2 Å². The first kappa shape index (κ1) is 16.5. The van der Waals surface area contributed by atoms with E-state index in [0.717, 1.165) is 5.69 Å². The summed E-state index contributed by atoms with van der Waals surface area (Å²) in [6.07, 6.45) is 0. The lowest BCUT2D eigenvalue weighted by molar-refractivity contribution is 0.0593. The van der Waals surface area contributed by atoms with E-state index in [-0.39, 0.29) is 11.1 Å². The van der Waals surface area contributed by atoms with Crippen LogP contribution < -0.4 is 5.43 Å². The summed E-state index contributed by atoms with van der Waals surface area (Å²) in [5, 5.41) is 0. The van der Waals surface area contributed by atoms with Crippen LogP contribution in [0.15, 0.2) is 35.1 Å². The summed E-state index contributed by atoms with van der Waals surface area (Å²) >= 11 is 0. The fourth-order valence-electron chi connectivity index (χ4n) is 2.58. The number of hydrogen-bond acceptors (Lipinski definition) is 5. The third-order valence-electron chi connectivity index (χ3n) is 3.64. The molecule has 0 aliphatic heterocycles. The molecule has 0 saturated carbocycles. The van der Waals surface area contributed by atoms with Gasteiger partial charge in [-0.05, 0) is 26.0 Å². The molecule has 0 atom stereocenters. The van der Waals surface area contributed by atoms with Gasteiger partial charge in [0.1, 0.15) is 11.1 Å². The average Bonchev–Trinajstić information content (AvgIpc) is 2.55. The molecule has 0 aliphatic carbocycles. The van der Waals surface area contributed by atoms with Crippen molar-refractivity contribution in [3.63, 3.8) is 0 Å². The van der Waals surface area contributed by atoms with Crippen molar-refractivity contribution >= 4 is 11.9 Å². The van der Waals surface area contributed by atoms with Crippen LogP contribution >= 0.6 is 0 Å². The monoisotopic (exact) mass is 315 g/mol. The minimum atomic E-state index is -0.790. The zero-order chi connectivity index (χ0) is 17.1. The number of rotatable bonds is 3. The minimum absolute atomic E-state index is 0.178. The van der Waals surface area contributed by atoms with E-state index in [0.29, 0.717) is 11.4 Å². The molecule has 0 unspecified atom stereocenters. The van der Waals surface area contributed by atoms with E-state index in [1.165, 1.54) is 14.2 Å². The molecule has 6 heteroatoms. The summed E-state index contributed by atoms with van der Waals surface area (Å²) in [5.41, 5.74) is 0.477. The standard InChI is InChI=1S/C17H17NO5/c1-10-13(16(20)22-3)15(19)14(17(21)23-4)11(2)18(10)12-8-6-5-7-9-12/h5-9H,1-4H3. The predicted molar refractivity (Wildman–Crippen MR) is 84.2 cm³/mol.